The van der Waals surface area contributed by atoms with Crippen LogP contribution in [0.3, 0.4) is 0 Å². The largest absolute Gasteiger partial charge is 0.300 e. The molecule has 2 heterocycles. The van der Waals surface area contributed by atoms with Crippen molar-refractivity contribution in [1.82, 2.24) is 9.80 Å². The van der Waals surface area contributed by atoms with E-state index >= 15 is 0 Å². The van der Waals surface area contributed by atoms with Crippen LogP contribution in [0.15, 0.2) is 42.5 Å². The Kier molecular flexibility index (Phi) is 5.76. The summed E-state index contributed by atoms with van der Waals surface area (Å²) in [5, 5.41) is 8.83. The molecule has 0 N–H and O–H groups in total. The van der Waals surface area contributed by atoms with Gasteiger partial charge in [0, 0.05) is 45.7 Å². The van der Waals surface area contributed by atoms with Crippen molar-refractivity contribution in [2.75, 3.05) is 32.7 Å². The molecule has 2 aromatic rings. The fraction of sp³-hybridized carbons (Fsp3) is 0.368. The van der Waals surface area contributed by atoms with Gasteiger partial charge in [-0.05, 0) is 17.7 Å². The highest BCUT2D eigenvalue weighted by Gasteiger charge is 2.18. The summed E-state index contributed by atoms with van der Waals surface area (Å²) in [6.07, 6.45) is 0.532. The average Bonchev–Trinajstić information content (AvgIpc) is 3.11. The first-order valence-electron chi connectivity index (χ1n) is 8.26. The topological polar surface area (TPSA) is 47.3 Å². The fourth-order valence-electron chi connectivity index (χ4n) is 2.94. The van der Waals surface area contributed by atoms with Crippen LogP contribution in [-0.2, 0) is 6.54 Å². The molecule has 0 aliphatic carbocycles. The van der Waals surface area contributed by atoms with E-state index in [1.165, 1.54) is 16.9 Å². The molecule has 1 aromatic heterocycles. The van der Waals surface area contributed by atoms with E-state index in [1.54, 1.807) is 12.1 Å². The maximum absolute atomic E-state index is 12.2. The molecule has 0 saturated carbocycles. The quantitative estimate of drug-likeness (QED) is 0.759. The molecular weight excluding hydrogens is 318 g/mol. The Morgan fingerprint density at radius 2 is 1.75 bits per heavy atom. The number of carbonyl (C=O) groups is 1. The van der Waals surface area contributed by atoms with Gasteiger partial charge in [0.2, 0.25) is 0 Å². The Balaban J connectivity index is 1.41. The van der Waals surface area contributed by atoms with E-state index < -0.39 is 0 Å². The lowest BCUT2D eigenvalue weighted by Crippen LogP contribution is -2.46. The van der Waals surface area contributed by atoms with E-state index in [4.69, 9.17) is 5.26 Å². The van der Waals surface area contributed by atoms with Gasteiger partial charge in [-0.25, -0.2) is 0 Å². The van der Waals surface area contributed by atoms with Crippen LogP contribution >= 0.6 is 11.3 Å². The second-order valence-electron chi connectivity index (χ2n) is 6.05. The van der Waals surface area contributed by atoms with Gasteiger partial charge in [0.05, 0.1) is 4.88 Å². The van der Waals surface area contributed by atoms with Crippen molar-refractivity contribution in [1.29, 1.82) is 5.26 Å². The minimum atomic E-state index is 0.146. The number of piperazine rings is 1. The normalized spacial score (nSPS) is 16.0. The van der Waals surface area contributed by atoms with Crippen LogP contribution in [0.2, 0.25) is 0 Å². The second kappa shape index (κ2) is 8.20. The number of carbonyl (C=O) groups excluding carboxylic acids is 1. The van der Waals surface area contributed by atoms with E-state index in [1.807, 2.05) is 6.07 Å². The zero-order chi connectivity index (χ0) is 16.8. The van der Waals surface area contributed by atoms with Crippen molar-refractivity contribution in [3.05, 3.63) is 57.8 Å². The van der Waals surface area contributed by atoms with Crippen molar-refractivity contribution < 1.29 is 4.79 Å². The number of nitriles is 1. The molecule has 0 unspecified atom stereocenters. The van der Waals surface area contributed by atoms with E-state index in [-0.39, 0.29) is 5.78 Å². The summed E-state index contributed by atoms with van der Waals surface area (Å²) in [7, 11) is 0. The maximum Gasteiger partial charge on any atom is 0.174 e. The SMILES string of the molecule is N#Cc1ccc(C(=O)CCN2CCN(Cc3ccccc3)CC2)s1. The first kappa shape index (κ1) is 16.8. The summed E-state index contributed by atoms with van der Waals surface area (Å²) in [6.45, 7) is 5.90. The van der Waals surface area contributed by atoms with Crippen molar-refractivity contribution in [2.24, 2.45) is 0 Å². The van der Waals surface area contributed by atoms with Crippen molar-refractivity contribution in [2.45, 2.75) is 13.0 Å². The van der Waals surface area contributed by atoms with Crippen LogP contribution in [-0.4, -0.2) is 48.3 Å². The zero-order valence-electron chi connectivity index (χ0n) is 13.6. The Hall–Kier alpha value is -2.00. The number of benzene rings is 1. The molecule has 5 heteroatoms. The molecule has 0 atom stereocenters. The first-order chi connectivity index (χ1) is 11.7. The Labute approximate surface area is 146 Å². The van der Waals surface area contributed by atoms with Gasteiger partial charge in [-0.2, -0.15) is 5.26 Å². The smallest absolute Gasteiger partial charge is 0.174 e. The van der Waals surface area contributed by atoms with Gasteiger partial charge in [0.25, 0.3) is 0 Å². The number of Topliss-reactive ketones (excluding diaryl/α,β-unsaturated/α-hetero) is 1. The summed E-state index contributed by atoms with van der Waals surface area (Å²) in [5.74, 6) is 0.146. The molecule has 1 aliphatic rings. The fourth-order valence-corrected chi connectivity index (χ4v) is 3.71. The molecule has 1 saturated heterocycles. The standard InChI is InChI=1S/C19H21N3OS/c20-14-17-6-7-19(24-17)18(23)8-9-21-10-12-22(13-11-21)15-16-4-2-1-3-5-16/h1-7H,8-13,15H2. The number of hydrogen-bond donors (Lipinski definition) is 0. The average molecular weight is 339 g/mol. The molecule has 0 bridgehead atoms. The highest BCUT2D eigenvalue weighted by atomic mass is 32.1. The summed E-state index contributed by atoms with van der Waals surface area (Å²) in [5.41, 5.74) is 1.35. The first-order valence-corrected chi connectivity index (χ1v) is 9.08. The van der Waals surface area contributed by atoms with Crippen molar-refractivity contribution in [3.63, 3.8) is 0 Å². The molecule has 3 rings (SSSR count). The summed E-state index contributed by atoms with van der Waals surface area (Å²) in [6, 6.07) is 16.1. The molecule has 1 aromatic carbocycles. The lowest BCUT2D eigenvalue weighted by Gasteiger charge is -2.34. The van der Waals surface area contributed by atoms with Gasteiger partial charge in [-0.1, -0.05) is 30.3 Å². The third kappa shape index (κ3) is 4.51. The maximum atomic E-state index is 12.2. The van der Waals surface area contributed by atoms with E-state index in [0.29, 0.717) is 16.2 Å². The lowest BCUT2D eigenvalue weighted by molar-refractivity contribution is 0.0926. The number of thiophene rings is 1. The molecule has 4 nitrogen and oxygen atoms in total. The zero-order valence-corrected chi connectivity index (χ0v) is 14.5. The monoisotopic (exact) mass is 339 g/mol. The lowest BCUT2D eigenvalue weighted by atomic mass is 10.2. The third-order valence-electron chi connectivity index (χ3n) is 4.36. The molecule has 0 radical (unpaired) electrons. The molecule has 0 amide bonds. The predicted octanol–water partition coefficient (Wildman–Crippen LogP) is 3.01. The van der Waals surface area contributed by atoms with Gasteiger partial charge in [0.15, 0.2) is 5.78 Å². The van der Waals surface area contributed by atoms with E-state index in [0.717, 1.165) is 39.3 Å². The van der Waals surface area contributed by atoms with Gasteiger partial charge in [0.1, 0.15) is 10.9 Å². The van der Waals surface area contributed by atoms with Crippen LogP contribution in [0.5, 0.6) is 0 Å². The molecule has 1 aliphatic heterocycles. The predicted molar refractivity (Wildman–Crippen MR) is 96.1 cm³/mol. The molecule has 0 spiro atoms. The summed E-state index contributed by atoms with van der Waals surface area (Å²) >= 11 is 1.29. The third-order valence-corrected chi connectivity index (χ3v) is 5.39. The highest BCUT2D eigenvalue weighted by molar-refractivity contribution is 7.14. The summed E-state index contributed by atoms with van der Waals surface area (Å²) < 4.78 is 0. The van der Waals surface area contributed by atoms with Crippen LogP contribution in [0, 0.1) is 11.3 Å². The minimum absolute atomic E-state index is 0.146. The van der Waals surface area contributed by atoms with E-state index in [2.05, 4.69) is 40.1 Å². The Bertz CT molecular complexity index is 712. The van der Waals surface area contributed by atoms with Gasteiger partial charge in [-0.3, -0.25) is 9.69 Å². The summed E-state index contributed by atoms with van der Waals surface area (Å²) in [4.78, 5) is 18.3. The van der Waals surface area contributed by atoms with Crippen molar-refractivity contribution >= 4 is 17.1 Å². The number of nitrogens with zero attached hydrogens (tertiary/aromatic N) is 3. The molecule has 124 valence electrons. The van der Waals surface area contributed by atoms with Crippen LogP contribution < -0.4 is 0 Å². The second-order valence-corrected chi connectivity index (χ2v) is 7.14. The Morgan fingerprint density at radius 1 is 1.04 bits per heavy atom. The molecule has 1 fully saturated rings. The molecule has 24 heavy (non-hydrogen) atoms. The Morgan fingerprint density at radius 3 is 2.42 bits per heavy atom. The van der Waals surface area contributed by atoms with Crippen LogP contribution in [0.4, 0.5) is 0 Å². The highest BCUT2D eigenvalue weighted by Crippen LogP contribution is 2.17. The van der Waals surface area contributed by atoms with Gasteiger partial charge in [-0.15, -0.1) is 11.3 Å². The van der Waals surface area contributed by atoms with Crippen molar-refractivity contribution in [3.8, 4) is 6.07 Å². The van der Waals surface area contributed by atoms with Crippen LogP contribution in [0.1, 0.15) is 26.5 Å². The number of hydrogen-bond acceptors (Lipinski definition) is 5. The van der Waals surface area contributed by atoms with Gasteiger partial charge >= 0.3 is 0 Å². The molecular formula is C19H21N3OS. The van der Waals surface area contributed by atoms with E-state index in [9.17, 15) is 4.79 Å². The minimum Gasteiger partial charge on any atom is -0.300 e. The number of rotatable bonds is 6. The number of ketones is 1. The van der Waals surface area contributed by atoms with Gasteiger partial charge < -0.3 is 4.90 Å². The van der Waals surface area contributed by atoms with Crippen LogP contribution in [0.25, 0.3) is 0 Å².